The molecule has 2 nitrogen and oxygen atoms in total. The second-order valence-corrected chi connectivity index (χ2v) is 3.55. The van der Waals surface area contributed by atoms with Crippen molar-refractivity contribution in [3.05, 3.63) is 30.3 Å². The summed E-state index contributed by atoms with van der Waals surface area (Å²) in [6.07, 6.45) is -0.616. The molecule has 12 heavy (non-hydrogen) atoms. The van der Waals surface area contributed by atoms with Gasteiger partial charge < -0.3 is 10.2 Å². The zero-order chi connectivity index (χ0) is 8.81. The van der Waals surface area contributed by atoms with E-state index in [1.54, 1.807) is 11.8 Å². The molecule has 1 aromatic carbocycles. The van der Waals surface area contributed by atoms with E-state index < -0.39 is 6.10 Å². The molecule has 0 unspecified atom stereocenters. The Balaban J connectivity index is 2.33. The van der Waals surface area contributed by atoms with E-state index in [0.717, 1.165) is 4.90 Å². The molecule has 1 atom stereocenters. The Kier molecular flexibility index (Phi) is 4.14. The van der Waals surface area contributed by atoms with E-state index in [4.69, 9.17) is 10.2 Å². The fourth-order valence-corrected chi connectivity index (χ4v) is 1.60. The molecule has 0 aliphatic heterocycles. The van der Waals surface area contributed by atoms with Crippen LogP contribution in [0.2, 0.25) is 0 Å². The maximum absolute atomic E-state index is 9.05. The van der Waals surface area contributed by atoms with E-state index in [9.17, 15) is 0 Å². The summed E-state index contributed by atoms with van der Waals surface area (Å²) < 4.78 is 0. The Labute approximate surface area is 76.2 Å². The van der Waals surface area contributed by atoms with Gasteiger partial charge in [-0.3, -0.25) is 0 Å². The van der Waals surface area contributed by atoms with Crippen LogP contribution in [0.1, 0.15) is 0 Å². The topological polar surface area (TPSA) is 40.5 Å². The van der Waals surface area contributed by atoms with Crippen LogP contribution < -0.4 is 0 Å². The summed E-state index contributed by atoms with van der Waals surface area (Å²) in [5, 5.41) is 17.6. The van der Waals surface area contributed by atoms with Crippen molar-refractivity contribution in [3.63, 3.8) is 0 Å². The van der Waals surface area contributed by atoms with Gasteiger partial charge in [-0.15, -0.1) is 11.8 Å². The molecule has 0 fully saturated rings. The lowest BCUT2D eigenvalue weighted by Crippen LogP contribution is -2.14. The van der Waals surface area contributed by atoms with Gasteiger partial charge in [0.05, 0.1) is 12.7 Å². The van der Waals surface area contributed by atoms with Gasteiger partial charge in [0.15, 0.2) is 0 Å². The summed E-state index contributed by atoms with van der Waals surface area (Å²) in [6, 6.07) is 9.82. The molecule has 1 rings (SSSR count). The molecule has 1 aromatic rings. The first-order valence-electron chi connectivity index (χ1n) is 3.79. The molecule has 0 saturated carbocycles. The molecular weight excluding hydrogens is 172 g/mol. The van der Waals surface area contributed by atoms with Crippen molar-refractivity contribution in [2.24, 2.45) is 0 Å². The maximum Gasteiger partial charge on any atom is 0.0864 e. The summed E-state index contributed by atoms with van der Waals surface area (Å²) in [4.78, 5) is 1.12. The van der Waals surface area contributed by atoms with Crippen LogP contribution in [-0.4, -0.2) is 28.7 Å². The number of thioether (sulfide) groups is 1. The largest absolute Gasteiger partial charge is 0.394 e. The molecule has 2 N–H and O–H groups in total. The highest BCUT2D eigenvalue weighted by Crippen LogP contribution is 2.17. The Bertz CT molecular complexity index is 213. The summed E-state index contributed by atoms with van der Waals surface area (Å²) >= 11 is 1.54. The van der Waals surface area contributed by atoms with Crippen LogP contribution in [0.4, 0.5) is 0 Å². The Morgan fingerprint density at radius 3 is 2.50 bits per heavy atom. The molecule has 0 bridgehead atoms. The van der Waals surface area contributed by atoms with Gasteiger partial charge in [-0.1, -0.05) is 18.2 Å². The van der Waals surface area contributed by atoms with Crippen LogP contribution >= 0.6 is 11.8 Å². The minimum absolute atomic E-state index is 0.167. The number of aliphatic hydroxyl groups excluding tert-OH is 2. The molecule has 66 valence electrons. The number of benzene rings is 1. The van der Waals surface area contributed by atoms with Crippen LogP contribution in [0.25, 0.3) is 0 Å². The molecule has 0 saturated heterocycles. The number of rotatable bonds is 4. The fraction of sp³-hybridized carbons (Fsp3) is 0.333. The van der Waals surface area contributed by atoms with E-state index in [-0.39, 0.29) is 6.61 Å². The molecule has 0 aromatic heterocycles. The van der Waals surface area contributed by atoms with Crippen LogP contribution in [0, 0.1) is 0 Å². The van der Waals surface area contributed by atoms with Gasteiger partial charge in [0.2, 0.25) is 0 Å². The Hall–Kier alpha value is -0.510. The van der Waals surface area contributed by atoms with Gasteiger partial charge in [-0.05, 0) is 12.1 Å². The van der Waals surface area contributed by atoms with Gasteiger partial charge in [-0.25, -0.2) is 0 Å². The summed E-state index contributed by atoms with van der Waals surface area (Å²) in [5.41, 5.74) is 0. The van der Waals surface area contributed by atoms with Crippen molar-refractivity contribution in [2.75, 3.05) is 12.4 Å². The highest BCUT2D eigenvalue weighted by Gasteiger charge is 2.01. The van der Waals surface area contributed by atoms with E-state index in [1.807, 2.05) is 30.3 Å². The first-order chi connectivity index (χ1) is 5.83. The number of hydrogen-bond acceptors (Lipinski definition) is 3. The highest BCUT2D eigenvalue weighted by atomic mass is 32.2. The Morgan fingerprint density at radius 1 is 1.25 bits per heavy atom. The summed E-state index contributed by atoms with van der Waals surface area (Å²) in [7, 11) is 0. The van der Waals surface area contributed by atoms with Crippen molar-refractivity contribution in [3.8, 4) is 0 Å². The molecule has 0 aliphatic carbocycles. The average Bonchev–Trinajstić information content (AvgIpc) is 2.16. The summed E-state index contributed by atoms with van der Waals surface area (Å²) in [5.74, 6) is 0.542. The molecule has 0 spiro atoms. The van der Waals surface area contributed by atoms with Gasteiger partial charge in [0.1, 0.15) is 0 Å². The van der Waals surface area contributed by atoms with Gasteiger partial charge >= 0.3 is 0 Å². The predicted molar refractivity (Wildman–Crippen MR) is 50.3 cm³/mol. The van der Waals surface area contributed by atoms with Crippen molar-refractivity contribution in [2.45, 2.75) is 11.0 Å². The van der Waals surface area contributed by atoms with E-state index in [0.29, 0.717) is 5.75 Å². The standard InChI is InChI=1S/C9H12O2S/c10-6-8(11)7-12-9-4-2-1-3-5-9/h1-5,8,10-11H,6-7H2/t8-/m0/s1. The number of hydrogen-bond donors (Lipinski definition) is 2. The highest BCUT2D eigenvalue weighted by molar-refractivity contribution is 7.99. The third-order valence-corrected chi connectivity index (χ3v) is 2.55. The molecule has 0 radical (unpaired) electrons. The van der Waals surface area contributed by atoms with Gasteiger partial charge in [-0.2, -0.15) is 0 Å². The van der Waals surface area contributed by atoms with Crippen molar-refractivity contribution < 1.29 is 10.2 Å². The lowest BCUT2D eigenvalue weighted by molar-refractivity contribution is 0.113. The third-order valence-electron chi connectivity index (χ3n) is 1.40. The molecule has 0 aliphatic rings. The minimum atomic E-state index is -0.616. The van der Waals surface area contributed by atoms with Crippen LogP contribution in [0.3, 0.4) is 0 Å². The SMILES string of the molecule is OC[C@H](O)CSc1ccccc1. The monoisotopic (exact) mass is 184 g/mol. The van der Waals surface area contributed by atoms with Crippen LogP contribution in [0.15, 0.2) is 35.2 Å². The normalized spacial score (nSPS) is 12.8. The second-order valence-electron chi connectivity index (χ2n) is 2.46. The zero-order valence-corrected chi connectivity index (χ0v) is 7.50. The van der Waals surface area contributed by atoms with E-state index >= 15 is 0 Å². The van der Waals surface area contributed by atoms with Crippen molar-refractivity contribution in [1.29, 1.82) is 0 Å². The average molecular weight is 184 g/mol. The zero-order valence-electron chi connectivity index (χ0n) is 6.68. The number of aliphatic hydroxyl groups is 2. The summed E-state index contributed by atoms with van der Waals surface area (Å²) in [6.45, 7) is -0.167. The van der Waals surface area contributed by atoms with Gasteiger partial charge in [0.25, 0.3) is 0 Å². The van der Waals surface area contributed by atoms with Crippen molar-refractivity contribution in [1.82, 2.24) is 0 Å². The first-order valence-corrected chi connectivity index (χ1v) is 4.78. The second kappa shape index (κ2) is 5.19. The lowest BCUT2D eigenvalue weighted by Gasteiger charge is -2.05. The Morgan fingerprint density at radius 2 is 1.92 bits per heavy atom. The van der Waals surface area contributed by atoms with Crippen LogP contribution in [-0.2, 0) is 0 Å². The molecule has 3 heteroatoms. The van der Waals surface area contributed by atoms with Crippen LogP contribution in [0.5, 0.6) is 0 Å². The van der Waals surface area contributed by atoms with E-state index in [1.165, 1.54) is 0 Å². The third kappa shape index (κ3) is 3.26. The van der Waals surface area contributed by atoms with E-state index in [2.05, 4.69) is 0 Å². The first kappa shape index (κ1) is 9.58. The molecule has 0 heterocycles. The lowest BCUT2D eigenvalue weighted by atomic mass is 10.4. The van der Waals surface area contributed by atoms with Crippen molar-refractivity contribution >= 4 is 11.8 Å². The molecular formula is C9H12O2S. The molecule has 0 amide bonds. The quantitative estimate of drug-likeness (QED) is 0.689. The van der Waals surface area contributed by atoms with Gasteiger partial charge in [0, 0.05) is 10.6 Å². The predicted octanol–water partition coefficient (Wildman–Crippen LogP) is 1.13. The minimum Gasteiger partial charge on any atom is -0.394 e. The maximum atomic E-state index is 9.05. The smallest absolute Gasteiger partial charge is 0.0864 e. The fourth-order valence-electron chi connectivity index (χ4n) is 0.762.